The van der Waals surface area contributed by atoms with Crippen LogP contribution >= 0.6 is 15.9 Å². The van der Waals surface area contributed by atoms with Gasteiger partial charge in [0, 0.05) is 15.7 Å². The molecule has 108 valence electrons. The van der Waals surface area contributed by atoms with Gasteiger partial charge in [0.05, 0.1) is 6.21 Å². The van der Waals surface area contributed by atoms with Gasteiger partial charge >= 0.3 is 0 Å². The number of benzene rings is 2. The van der Waals surface area contributed by atoms with Crippen LogP contribution in [0.4, 0.5) is 5.69 Å². The van der Waals surface area contributed by atoms with E-state index in [1.54, 1.807) is 13.1 Å². The van der Waals surface area contributed by atoms with E-state index in [0.717, 1.165) is 15.7 Å². The van der Waals surface area contributed by atoms with E-state index < -0.39 is 6.10 Å². The smallest absolute Gasteiger partial charge is 0.267 e. The number of halogens is 1. The van der Waals surface area contributed by atoms with Gasteiger partial charge in [-0.15, -0.1) is 0 Å². The number of oxime groups is 1. The molecule has 0 radical (unpaired) electrons. The summed E-state index contributed by atoms with van der Waals surface area (Å²) in [6.45, 7) is 1.65. The second-order valence-corrected chi connectivity index (χ2v) is 5.21. The van der Waals surface area contributed by atoms with Gasteiger partial charge < -0.3 is 10.2 Å². The quantitative estimate of drug-likeness (QED) is 0.660. The SMILES string of the molecule is C[C@H](O/N=C\c1ccccc1Br)C(=O)Nc1ccccc1. The minimum absolute atomic E-state index is 0.245. The van der Waals surface area contributed by atoms with Gasteiger partial charge in [0.15, 0.2) is 0 Å². The summed E-state index contributed by atoms with van der Waals surface area (Å²) in [6, 6.07) is 16.8. The number of anilines is 1. The molecule has 1 N–H and O–H groups in total. The molecule has 0 saturated carbocycles. The van der Waals surface area contributed by atoms with Crippen molar-refractivity contribution in [3.8, 4) is 0 Å². The molecule has 5 heteroatoms. The third-order valence-electron chi connectivity index (χ3n) is 2.73. The van der Waals surface area contributed by atoms with E-state index in [1.807, 2.05) is 54.6 Å². The van der Waals surface area contributed by atoms with Gasteiger partial charge in [-0.3, -0.25) is 4.79 Å². The van der Waals surface area contributed by atoms with Gasteiger partial charge in [-0.1, -0.05) is 57.5 Å². The summed E-state index contributed by atoms with van der Waals surface area (Å²) in [7, 11) is 0. The molecule has 0 aliphatic heterocycles. The van der Waals surface area contributed by atoms with Crippen molar-refractivity contribution in [1.29, 1.82) is 0 Å². The Morgan fingerprint density at radius 1 is 1.19 bits per heavy atom. The zero-order chi connectivity index (χ0) is 15.1. The molecule has 2 aromatic rings. The maximum Gasteiger partial charge on any atom is 0.267 e. The Bertz CT molecular complexity index is 629. The van der Waals surface area contributed by atoms with Crippen LogP contribution in [0.2, 0.25) is 0 Å². The van der Waals surface area contributed by atoms with Crippen LogP contribution < -0.4 is 5.32 Å². The molecule has 0 aromatic heterocycles. The summed E-state index contributed by atoms with van der Waals surface area (Å²) in [5.74, 6) is -0.245. The third kappa shape index (κ3) is 4.72. The van der Waals surface area contributed by atoms with E-state index in [2.05, 4.69) is 26.4 Å². The second kappa shape index (κ2) is 7.59. The molecule has 0 bridgehead atoms. The van der Waals surface area contributed by atoms with Crippen molar-refractivity contribution in [2.75, 3.05) is 5.32 Å². The van der Waals surface area contributed by atoms with Gasteiger partial charge in [0.1, 0.15) is 0 Å². The van der Waals surface area contributed by atoms with E-state index in [4.69, 9.17) is 4.84 Å². The molecule has 0 unspecified atom stereocenters. The predicted molar refractivity (Wildman–Crippen MR) is 87.4 cm³/mol. The molecule has 0 aliphatic rings. The highest BCUT2D eigenvalue weighted by molar-refractivity contribution is 9.10. The summed E-state index contributed by atoms with van der Waals surface area (Å²) in [6.07, 6.45) is 0.889. The van der Waals surface area contributed by atoms with E-state index in [9.17, 15) is 4.79 Å². The van der Waals surface area contributed by atoms with Crippen molar-refractivity contribution >= 4 is 33.7 Å². The molecule has 0 fully saturated rings. The number of amides is 1. The topological polar surface area (TPSA) is 50.7 Å². The van der Waals surface area contributed by atoms with Gasteiger partial charge in [-0.25, -0.2) is 0 Å². The zero-order valence-electron chi connectivity index (χ0n) is 11.5. The highest BCUT2D eigenvalue weighted by Crippen LogP contribution is 2.13. The Morgan fingerprint density at radius 2 is 1.86 bits per heavy atom. The van der Waals surface area contributed by atoms with Crippen LogP contribution in [0.1, 0.15) is 12.5 Å². The number of carbonyl (C=O) groups is 1. The third-order valence-corrected chi connectivity index (χ3v) is 3.45. The fraction of sp³-hybridized carbons (Fsp3) is 0.125. The second-order valence-electron chi connectivity index (χ2n) is 4.36. The minimum Gasteiger partial charge on any atom is -0.383 e. The highest BCUT2D eigenvalue weighted by Gasteiger charge is 2.13. The van der Waals surface area contributed by atoms with Crippen molar-refractivity contribution in [3.05, 3.63) is 64.6 Å². The first-order valence-corrected chi connectivity index (χ1v) is 7.26. The van der Waals surface area contributed by atoms with Crippen LogP contribution in [0.25, 0.3) is 0 Å². The van der Waals surface area contributed by atoms with Crippen LogP contribution in [0.5, 0.6) is 0 Å². The molecule has 1 atom stereocenters. The van der Waals surface area contributed by atoms with Crippen molar-refractivity contribution in [1.82, 2.24) is 0 Å². The lowest BCUT2D eigenvalue weighted by Gasteiger charge is -2.10. The Kier molecular flexibility index (Phi) is 5.51. The first-order valence-electron chi connectivity index (χ1n) is 6.46. The monoisotopic (exact) mass is 346 g/mol. The van der Waals surface area contributed by atoms with Crippen LogP contribution in [-0.4, -0.2) is 18.2 Å². The summed E-state index contributed by atoms with van der Waals surface area (Å²) in [5.41, 5.74) is 1.61. The summed E-state index contributed by atoms with van der Waals surface area (Å²) < 4.78 is 0.916. The Hall–Kier alpha value is -2.14. The summed E-state index contributed by atoms with van der Waals surface area (Å²) in [4.78, 5) is 17.1. The van der Waals surface area contributed by atoms with Crippen LogP contribution in [-0.2, 0) is 9.63 Å². The normalized spacial score (nSPS) is 12.1. The number of nitrogens with one attached hydrogen (secondary N) is 1. The number of para-hydroxylation sites is 1. The molecule has 0 spiro atoms. The maximum absolute atomic E-state index is 11.9. The number of hydrogen-bond acceptors (Lipinski definition) is 3. The average Bonchev–Trinajstić information content (AvgIpc) is 2.50. The first-order chi connectivity index (χ1) is 10.2. The summed E-state index contributed by atoms with van der Waals surface area (Å²) >= 11 is 3.41. The van der Waals surface area contributed by atoms with E-state index in [0.29, 0.717) is 0 Å². The Balaban J connectivity index is 1.88. The Morgan fingerprint density at radius 3 is 2.57 bits per heavy atom. The number of carbonyl (C=O) groups excluding carboxylic acids is 1. The number of hydrogen-bond donors (Lipinski definition) is 1. The van der Waals surface area contributed by atoms with Crippen molar-refractivity contribution in [3.63, 3.8) is 0 Å². The van der Waals surface area contributed by atoms with Gasteiger partial charge in [0.25, 0.3) is 5.91 Å². The molecule has 21 heavy (non-hydrogen) atoms. The van der Waals surface area contributed by atoms with Crippen molar-refractivity contribution in [2.24, 2.45) is 5.16 Å². The molecule has 0 saturated heterocycles. The largest absolute Gasteiger partial charge is 0.383 e. The van der Waals surface area contributed by atoms with Crippen LogP contribution in [0.15, 0.2) is 64.2 Å². The lowest BCUT2D eigenvalue weighted by Crippen LogP contribution is -2.26. The average molecular weight is 347 g/mol. The molecule has 0 aliphatic carbocycles. The molecule has 1 amide bonds. The molecule has 4 nitrogen and oxygen atoms in total. The standard InChI is InChI=1S/C16H15BrN2O2/c1-12(16(20)19-14-8-3-2-4-9-14)21-18-11-13-7-5-6-10-15(13)17/h2-12H,1H3,(H,19,20)/b18-11-/t12-/m0/s1. The highest BCUT2D eigenvalue weighted by atomic mass is 79.9. The minimum atomic E-state index is -0.677. The predicted octanol–water partition coefficient (Wildman–Crippen LogP) is 3.83. The van der Waals surface area contributed by atoms with Crippen LogP contribution in [0, 0.1) is 0 Å². The zero-order valence-corrected chi connectivity index (χ0v) is 13.1. The van der Waals surface area contributed by atoms with Crippen molar-refractivity contribution < 1.29 is 9.63 Å². The van der Waals surface area contributed by atoms with Crippen LogP contribution in [0.3, 0.4) is 0 Å². The van der Waals surface area contributed by atoms with E-state index in [1.165, 1.54) is 0 Å². The first kappa shape index (κ1) is 15.3. The lowest BCUT2D eigenvalue weighted by molar-refractivity contribution is -0.126. The van der Waals surface area contributed by atoms with Crippen molar-refractivity contribution in [2.45, 2.75) is 13.0 Å². The lowest BCUT2D eigenvalue weighted by atomic mass is 10.2. The fourth-order valence-electron chi connectivity index (χ4n) is 1.57. The maximum atomic E-state index is 11.9. The molecule has 2 aromatic carbocycles. The van der Waals surface area contributed by atoms with E-state index in [-0.39, 0.29) is 5.91 Å². The van der Waals surface area contributed by atoms with Gasteiger partial charge in [-0.05, 0) is 25.1 Å². The molecular weight excluding hydrogens is 332 g/mol. The Labute approximate surface area is 131 Å². The molecular formula is C16H15BrN2O2. The number of rotatable bonds is 5. The number of nitrogens with zero attached hydrogens (tertiary/aromatic N) is 1. The van der Waals surface area contributed by atoms with Gasteiger partial charge in [0.2, 0.25) is 6.10 Å². The summed E-state index contributed by atoms with van der Waals surface area (Å²) in [5, 5.41) is 6.60. The molecule has 0 heterocycles. The van der Waals surface area contributed by atoms with E-state index >= 15 is 0 Å². The molecule has 2 rings (SSSR count). The fourth-order valence-corrected chi connectivity index (χ4v) is 1.96. The van der Waals surface area contributed by atoms with Gasteiger partial charge in [-0.2, -0.15) is 0 Å².